The van der Waals surface area contributed by atoms with Crippen molar-refractivity contribution >= 4 is 34.5 Å². The van der Waals surface area contributed by atoms with Gasteiger partial charge in [-0.1, -0.05) is 54.1 Å². The topological polar surface area (TPSA) is 70.4 Å². The van der Waals surface area contributed by atoms with Crippen molar-refractivity contribution in [1.82, 2.24) is 4.98 Å². The minimum Gasteiger partial charge on any atom is -0.476 e. The van der Waals surface area contributed by atoms with Crippen LogP contribution in [0.5, 0.6) is 0 Å². The van der Waals surface area contributed by atoms with Crippen molar-refractivity contribution in [2.45, 2.75) is 5.60 Å². The number of nitrogens with zero attached hydrogens (tertiary/aromatic N) is 1. The number of aliphatic hydroxyl groups is 1. The summed E-state index contributed by atoms with van der Waals surface area (Å²) >= 11 is 7.45. The lowest BCUT2D eigenvalue weighted by Gasteiger charge is -2.44. The smallest absolute Gasteiger partial charge is 0.355 e. The van der Waals surface area contributed by atoms with Crippen LogP contribution in [0, 0.1) is 0 Å². The van der Waals surface area contributed by atoms with Crippen molar-refractivity contribution in [2.75, 3.05) is 0 Å². The van der Waals surface area contributed by atoms with E-state index in [1.165, 1.54) is 5.38 Å². The number of aromatic carboxylic acids is 1. The average molecular weight is 344 g/mol. The van der Waals surface area contributed by atoms with Crippen LogP contribution in [0.4, 0.5) is 0 Å². The van der Waals surface area contributed by atoms with Gasteiger partial charge in [-0.2, -0.15) is 0 Å². The number of hydrogen-bond donors (Lipinski definition) is 2. The third-order valence-corrected chi connectivity index (χ3v) is 5.35. The summed E-state index contributed by atoms with van der Waals surface area (Å²) in [6.07, 6.45) is 3.67. The highest BCUT2D eigenvalue weighted by Crippen LogP contribution is 2.59. The number of carbonyl (C=O) groups is 1. The number of benzene rings is 1. The highest BCUT2D eigenvalue weighted by Gasteiger charge is 2.54. The van der Waals surface area contributed by atoms with Gasteiger partial charge < -0.3 is 10.2 Å². The fraction of sp³-hybridized carbons (Fsp3) is 0.0588. The number of halogens is 1. The molecule has 2 bridgehead atoms. The maximum Gasteiger partial charge on any atom is 0.355 e. The van der Waals surface area contributed by atoms with Crippen molar-refractivity contribution in [1.29, 1.82) is 0 Å². The molecule has 2 aliphatic carbocycles. The van der Waals surface area contributed by atoms with E-state index in [-0.39, 0.29) is 5.69 Å². The van der Waals surface area contributed by atoms with E-state index in [0.29, 0.717) is 21.2 Å². The first-order valence-electron chi connectivity index (χ1n) is 6.84. The van der Waals surface area contributed by atoms with E-state index < -0.39 is 11.6 Å². The van der Waals surface area contributed by atoms with E-state index in [4.69, 9.17) is 16.7 Å². The Morgan fingerprint density at radius 1 is 1.22 bits per heavy atom. The number of hydrogen-bond acceptors (Lipinski definition) is 4. The van der Waals surface area contributed by atoms with Crippen LogP contribution in [-0.4, -0.2) is 21.2 Å². The molecule has 1 atom stereocenters. The lowest BCUT2D eigenvalue weighted by molar-refractivity contribution is 0.0689. The molecule has 1 unspecified atom stereocenters. The molecule has 6 heteroatoms. The van der Waals surface area contributed by atoms with Crippen LogP contribution in [0.15, 0.2) is 64.0 Å². The minimum atomic E-state index is -1.44. The van der Waals surface area contributed by atoms with Crippen LogP contribution in [0.3, 0.4) is 0 Å². The second kappa shape index (κ2) is 4.89. The first-order chi connectivity index (χ1) is 11.0. The quantitative estimate of drug-likeness (QED) is 0.894. The molecule has 0 saturated heterocycles. The molecule has 2 N–H and O–H groups in total. The standard InChI is InChI=1S/C17H10ClNO3S/c18-14-11-7-6-10(9-4-2-1-3-5-9)13(14)17(11,22)16-19-12(8-23-16)15(20)21/h1-8,22H,(H,20,21). The predicted octanol–water partition coefficient (Wildman–Crippen LogP) is 3.56. The number of rotatable bonds is 3. The normalized spacial score (nSPS) is 22.3. The SMILES string of the molecule is O=C(O)c1csc(C2(O)c3ccc(-c4ccccc4)c2c3Cl)n1. The Hall–Kier alpha value is -2.21. The summed E-state index contributed by atoms with van der Waals surface area (Å²) in [6.45, 7) is 0. The van der Waals surface area contributed by atoms with Gasteiger partial charge in [0, 0.05) is 16.5 Å². The zero-order valence-electron chi connectivity index (χ0n) is 11.7. The number of fused-ring (bicyclic) bond motifs is 2. The van der Waals surface area contributed by atoms with E-state index in [0.717, 1.165) is 22.5 Å². The number of thiazole rings is 1. The molecule has 0 fully saturated rings. The molecular weight excluding hydrogens is 334 g/mol. The average Bonchev–Trinajstić information content (AvgIpc) is 3.06. The summed E-state index contributed by atoms with van der Waals surface area (Å²) in [7, 11) is 0. The van der Waals surface area contributed by atoms with Crippen molar-refractivity contribution in [2.24, 2.45) is 0 Å². The first kappa shape index (κ1) is 14.4. The van der Waals surface area contributed by atoms with Crippen LogP contribution in [-0.2, 0) is 5.60 Å². The Balaban J connectivity index is 1.83. The zero-order chi connectivity index (χ0) is 16.2. The van der Waals surface area contributed by atoms with Crippen LogP contribution in [0.2, 0.25) is 0 Å². The highest BCUT2D eigenvalue weighted by molar-refractivity contribution is 7.10. The van der Waals surface area contributed by atoms with Gasteiger partial charge in [-0.25, -0.2) is 9.78 Å². The molecule has 2 aromatic rings. The van der Waals surface area contributed by atoms with Gasteiger partial charge in [0.15, 0.2) is 11.3 Å². The van der Waals surface area contributed by atoms with Gasteiger partial charge >= 0.3 is 5.97 Å². The Morgan fingerprint density at radius 3 is 2.57 bits per heavy atom. The Morgan fingerprint density at radius 2 is 1.96 bits per heavy atom. The van der Waals surface area contributed by atoms with Crippen LogP contribution in [0.25, 0.3) is 5.57 Å². The molecule has 0 spiro atoms. The Kier molecular flexibility index (Phi) is 3.06. The van der Waals surface area contributed by atoms with Crippen LogP contribution >= 0.6 is 22.9 Å². The molecule has 0 amide bonds. The number of carboxylic acid groups (broad SMARTS) is 1. The molecule has 0 radical (unpaired) electrons. The molecule has 4 rings (SSSR count). The van der Waals surface area contributed by atoms with E-state index in [9.17, 15) is 9.90 Å². The summed E-state index contributed by atoms with van der Waals surface area (Å²) in [5, 5.41) is 22.4. The molecule has 1 aromatic carbocycles. The van der Waals surface area contributed by atoms with Gasteiger partial charge in [-0.05, 0) is 11.1 Å². The lowest BCUT2D eigenvalue weighted by Crippen LogP contribution is -2.41. The van der Waals surface area contributed by atoms with Crippen LogP contribution in [0.1, 0.15) is 21.1 Å². The van der Waals surface area contributed by atoms with E-state index in [1.54, 1.807) is 6.08 Å². The van der Waals surface area contributed by atoms with Crippen molar-refractivity contribution in [3.05, 3.63) is 80.3 Å². The van der Waals surface area contributed by atoms with Crippen LogP contribution < -0.4 is 0 Å². The Bertz CT molecular complexity index is 926. The molecule has 23 heavy (non-hydrogen) atoms. The van der Waals surface area contributed by atoms with E-state index in [1.807, 2.05) is 36.4 Å². The highest BCUT2D eigenvalue weighted by atomic mass is 35.5. The summed E-state index contributed by atoms with van der Waals surface area (Å²) in [4.78, 5) is 15.1. The third kappa shape index (κ3) is 1.88. The molecule has 114 valence electrons. The van der Waals surface area contributed by atoms with Gasteiger partial charge in [0.25, 0.3) is 0 Å². The molecule has 2 aliphatic rings. The fourth-order valence-electron chi connectivity index (χ4n) is 2.90. The van der Waals surface area contributed by atoms with Gasteiger partial charge in [0.2, 0.25) is 0 Å². The van der Waals surface area contributed by atoms with Gasteiger partial charge in [0.1, 0.15) is 5.01 Å². The molecule has 1 aromatic heterocycles. The summed E-state index contributed by atoms with van der Waals surface area (Å²) in [5.41, 5.74) is 1.37. The van der Waals surface area contributed by atoms with Gasteiger partial charge in [-0.15, -0.1) is 11.3 Å². The molecule has 0 aliphatic heterocycles. The molecule has 4 nitrogen and oxygen atoms in total. The van der Waals surface area contributed by atoms with E-state index in [2.05, 4.69) is 4.98 Å². The summed E-state index contributed by atoms with van der Waals surface area (Å²) < 4.78 is 0. The third-order valence-electron chi connectivity index (χ3n) is 4.01. The Labute approximate surface area is 140 Å². The molecular formula is C17H10ClNO3S. The minimum absolute atomic E-state index is 0.0778. The zero-order valence-corrected chi connectivity index (χ0v) is 13.2. The maximum atomic E-state index is 11.2. The molecule has 1 heterocycles. The largest absolute Gasteiger partial charge is 0.476 e. The first-order valence-corrected chi connectivity index (χ1v) is 8.10. The van der Waals surface area contributed by atoms with Crippen molar-refractivity contribution in [3.8, 4) is 0 Å². The number of carboxylic acids is 1. The monoisotopic (exact) mass is 343 g/mol. The van der Waals surface area contributed by atoms with Crippen molar-refractivity contribution < 1.29 is 15.0 Å². The predicted molar refractivity (Wildman–Crippen MR) is 88.4 cm³/mol. The second-order valence-electron chi connectivity index (χ2n) is 5.27. The maximum absolute atomic E-state index is 11.2. The number of allylic oxidation sites excluding steroid dienone is 2. The fourth-order valence-corrected chi connectivity index (χ4v) is 4.25. The lowest BCUT2D eigenvalue weighted by atomic mass is 9.67. The summed E-state index contributed by atoms with van der Waals surface area (Å²) in [5.74, 6) is -1.12. The van der Waals surface area contributed by atoms with Gasteiger partial charge in [0.05, 0.1) is 5.03 Å². The molecule has 0 saturated carbocycles. The van der Waals surface area contributed by atoms with E-state index >= 15 is 0 Å². The summed E-state index contributed by atoms with van der Waals surface area (Å²) in [6, 6.07) is 9.61. The second-order valence-corrected chi connectivity index (χ2v) is 6.51. The van der Waals surface area contributed by atoms with Crippen molar-refractivity contribution in [3.63, 3.8) is 0 Å². The van der Waals surface area contributed by atoms with Gasteiger partial charge in [-0.3, -0.25) is 0 Å². The number of aromatic nitrogens is 1.